The number of aromatic nitrogens is 3. The molecule has 0 saturated heterocycles. The highest BCUT2D eigenvalue weighted by molar-refractivity contribution is 7.91. The molecule has 2 aromatic heterocycles. The van der Waals surface area contributed by atoms with E-state index in [2.05, 4.69) is 21.5 Å². The smallest absolute Gasteiger partial charge is 0.252 e. The lowest BCUT2D eigenvalue weighted by Crippen LogP contribution is -2.25. The lowest BCUT2D eigenvalue weighted by molar-refractivity contribution is 0.0951. The Labute approximate surface area is 265 Å². The maximum atomic E-state index is 14.1. The Bertz CT molecular complexity index is 2120. The van der Waals surface area contributed by atoms with Crippen molar-refractivity contribution in [3.05, 3.63) is 96.2 Å². The third-order valence-electron chi connectivity index (χ3n) is 7.74. The minimum absolute atomic E-state index is 0.000104. The molecule has 6 rings (SSSR count). The van der Waals surface area contributed by atoms with E-state index in [9.17, 15) is 28.7 Å². The van der Waals surface area contributed by atoms with E-state index in [0.29, 0.717) is 27.9 Å². The third kappa shape index (κ3) is 5.64. The average Bonchev–Trinajstić information content (AvgIpc) is 3.77. The second-order valence-electron chi connectivity index (χ2n) is 10.9. The predicted octanol–water partition coefficient (Wildman–Crippen LogP) is 5.31. The molecule has 1 aliphatic rings. The summed E-state index contributed by atoms with van der Waals surface area (Å²) in [7, 11) is -2.84. The summed E-state index contributed by atoms with van der Waals surface area (Å²) in [4.78, 5) is 17.8. The minimum Gasteiger partial charge on any atom is -0.504 e. The molecule has 0 bridgehead atoms. The quantitative estimate of drug-likeness (QED) is 0.195. The monoisotopic (exact) mass is 634 g/mol. The first-order valence-electron chi connectivity index (χ1n) is 14.6. The van der Waals surface area contributed by atoms with Crippen molar-refractivity contribution >= 4 is 27.1 Å². The van der Waals surface area contributed by atoms with Crippen LogP contribution in [0, 0.1) is 11.3 Å². The van der Waals surface area contributed by atoms with E-state index in [1.165, 1.54) is 16.8 Å². The molecule has 2 heterocycles. The number of nitrogens with zero attached hydrogens (tertiary/aromatic N) is 5. The van der Waals surface area contributed by atoms with Crippen LogP contribution in [0.25, 0.3) is 22.5 Å². The zero-order valence-corrected chi connectivity index (χ0v) is 25.9. The van der Waals surface area contributed by atoms with Crippen molar-refractivity contribution in [1.82, 2.24) is 20.1 Å². The number of amides is 1. The Morgan fingerprint density at radius 3 is 2.46 bits per heavy atom. The van der Waals surface area contributed by atoms with Crippen molar-refractivity contribution in [2.45, 2.75) is 35.6 Å². The van der Waals surface area contributed by atoms with Crippen molar-refractivity contribution in [2.75, 3.05) is 11.4 Å². The van der Waals surface area contributed by atoms with Crippen LogP contribution in [0.15, 0.2) is 94.9 Å². The van der Waals surface area contributed by atoms with E-state index in [1.54, 1.807) is 91.8 Å². The molecule has 0 spiro atoms. The summed E-state index contributed by atoms with van der Waals surface area (Å²) in [6.07, 6.45) is 3.55. The molecule has 1 aliphatic carbocycles. The molecular weight excluding hydrogens is 604 g/mol. The van der Waals surface area contributed by atoms with E-state index >= 15 is 0 Å². The summed E-state index contributed by atoms with van der Waals surface area (Å²) in [5, 5.41) is 39.7. The second kappa shape index (κ2) is 12.0. The van der Waals surface area contributed by atoms with Gasteiger partial charge in [0.1, 0.15) is 17.1 Å². The Kier molecular flexibility index (Phi) is 7.93. The van der Waals surface area contributed by atoms with Crippen molar-refractivity contribution in [3.63, 3.8) is 0 Å². The number of hydrogen-bond donors (Lipinski definition) is 3. The lowest BCUT2D eigenvalue weighted by atomic mass is 9.99. The maximum Gasteiger partial charge on any atom is 0.252 e. The molecule has 1 saturated carbocycles. The molecule has 0 radical (unpaired) electrons. The number of anilines is 2. The number of aromatic hydroxyl groups is 2. The van der Waals surface area contributed by atoms with Crippen LogP contribution in [-0.2, 0) is 16.9 Å². The number of hydrogen-bond acceptors (Lipinski definition) is 9. The largest absolute Gasteiger partial charge is 0.504 e. The van der Waals surface area contributed by atoms with Gasteiger partial charge in [-0.3, -0.25) is 9.48 Å². The van der Waals surface area contributed by atoms with Crippen molar-refractivity contribution in [1.29, 1.82) is 5.26 Å². The van der Waals surface area contributed by atoms with Gasteiger partial charge in [-0.2, -0.15) is 10.4 Å². The van der Waals surface area contributed by atoms with E-state index in [1.807, 2.05) is 0 Å². The normalized spacial score (nSPS) is 12.8. The van der Waals surface area contributed by atoms with Crippen LogP contribution in [0.1, 0.15) is 35.7 Å². The number of nitrogens with one attached hydrogen (secondary N) is 1. The van der Waals surface area contributed by atoms with Crippen LogP contribution in [0.5, 0.6) is 11.6 Å². The predicted molar refractivity (Wildman–Crippen MR) is 171 cm³/mol. The fourth-order valence-corrected chi connectivity index (χ4v) is 6.69. The SMILES string of the molecule is CCN(c1cccc(C#N)c1)c1c(-c2ccn(C)n2)nc(O)c(S(=O)(=O)c2ccc(-c3ccccc3C(=O)NC3CC3)cc2)c1O. The average molecular weight is 635 g/mol. The third-order valence-corrected chi connectivity index (χ3v) is 9.55. The van der Waals surface area contributed by atoms with E-state index in [4.69, 9.17) is 0 Å². The fourth-order valence-electron chi connectivity index (χ4n) is 5.33. The molecule has 46 heavy (non-hydrogen) atoms. The van der Waals surface area contributed by atoms with Gasteiger partial charge < -0.3 is 20.4 Å². The van der Waals surface area contributed by atoms with Gasteiger partial charge in [-0.1, -0.05) is 36.4 Å². The summed E-state index contributed by atoms with van der Waals surface area (Å²) < 4.78 is 29.7. The summed E-state index contributed by atoms with van der Waals surface area (Å²) in [5.41, 5.74) is 2.93. The number of aryl methyl sites for hydroxylation is 1. The summed E-state index contributed by atoms with van der Waals surface area (Å²) in [5.74, 6) is -1.81. The number of carbonyl (C=O) groups is 1. The first kappa shape index (κ1) is 30.4. The first-order valence-corrected chi connectivity index (χ1v) is 16.1. The highest BCUT2D eigenvalue weighted by Crippen LogP contribution is 2.48. The highest BCUT2D eigenvalue weighted by Gasteiger charge is 2.34. The van der Waals surface area contributed by atoms with Crippen LogP contribution in [0.4, 0.5) is 11.4 Å². The maximum absolute atomic E-state index is 14.1. The summed E-state index contributed by atoms with van der Waals surface area (Å²) in [6, 6.07) is 23.5. The molecule has 1 amide bonds. The molecule has 0 atom stereocenters. The van der Waals surface area contributed by atoms with Gasteiger partial charge in [0.2, 0.25) is 15.7 Å². The van der Waals surface area contributed by atoms with Gasteiger partial charge in [0.15, 0.2) is 10.6 Å². The van der Waals surface area contributed by atoms with Crippen molar-refractivity contribution in [3.8, 4) is 40.2 Å². The van der Waals surface area contributed by atoms with Crippen LogP contribution >= 0.6 is 0 Å². The van der Waals surface area contributed by atoms with Crippen molar-refractivity contribution in [2.24, 2.45) is 7.05 Å². The Balaban J connectivity index is 1.46. The van der Waals surface area contributed by atoms with Gasteiger partial charge >= 0.3 is 0 Å². The van der Waals surface area contributed by atoms with E-state index < -0.39 is 26.4 Å². The van der Waals surface area contributed by atoms with Gasteiger partial charge in [0, 0.05) is 37.1 Å². The standard InChI is InChI=1S/C34H30N6O5S/c1-3-40(24-8-6-7-21(19-24)20-35)30-29(28-17-18-39(2)38-28)37-34(43)32(31(30)41)46(44,45)25-15-11-22(12-16-25)26-9-4-5-10-27(26)33(42)36-23-13-14-23/h4-12,15-19,23H,3,13-14H2,1-2H3,(H,36,42)(H2,37,41,43). The number of benzene rings is 3. The van der Waals surface area contributed by atoms with Gasteiger partial charge in [-0.05, 0) is 73.4 Å². The lowest BCUT2D eigenvalue weighted by Gasteiger charge is -2.27. The zero-order valence-electron chi connectivity index (χ0n) is 25.0. The van der Waals surface area contributed by atoms with E-state index in [-0.39, 0.29) is 40.5 Å². The van der Waals surface area contributed by atoms with Gasteiger partial charge in [-0.25, -0.2) is 13.4 Å². The van der Waals surface area contributed by atoms with Gasteiger partial charge in [0.05, 0.1) is 16.5 Å². The summed E-state index contributed by atoms with van der Waals surface area (Å²) in [6.45, 7) is 2.04. The number of carbonyl (C=O) groups excluding carboxylic acids is 1. The Hall–Kier alpha value is -5.67. The molecule has 3 aromatic carbocycles. The highest BCUT2D eigenvalue weighted by atomic mass is 32.2. The molecule has 0 aliphatic heterocycles. The van der Waals surface area contributed by atoms with Crippen molar-refractivity contribution < 1.29 is 23.4 Å². The second-order valence-corrected chi connectivity index (χ2v) is 12.8. The van der Waals surface area contributed by atoms with Crippen LogP contribution < -0.4 is 10.2 Å². The molecule has 232 valence electrons. The topological polar surface area (TPSA) is 161 Å². The molecule has 3 N–H and O–H groups in total. The molecule has 12 heteroatoms. The van der Waals surface area contributed by atoms with E-state index in [0.717, 1.165) is 12.8 Å². The van der Waals surface area contributed by atoms with Gasteiger partial charge in [0.25, 0.3) is 5.91 Å². The number of pyridine rings is 1. The number of sulfone groups is 1. The van der Waals surface area contributed by atoms with Crippen LogP contribution in [0.3, 0.4) is 0 Å². The molecular formula is C34H30N6O5S. The molecule has 5 aromatic rings. The van der Waals surface area contributed by atoms with Gasteiger partial charge in [-0.15, -0.1) is 0 Å². The molecule has 1 fully saturated rings. The fraction of sp³-hybridized carbons (Fsp3) is 0.176. The number of nitriles is 1. The minimum atomic E-state index is -4.53. The molecule has 0 unspecified atom stereocenters. The Morgan fingerprint density at radius 2 is 1.80 bits per heavy atom. The Morgan fingerprint density at radius 1 is 1.07 bits per heavy atom. The van der Waals surface area contributed by atoms with Crippen LogP contribution in [-0.4, -0.2) is 51.9 Å². The number of rotatable bonds is 9. The first-order chi connectivity index (χ1) is 22.1. The molecule has 11 nitrogen and oxygen atoms in total. The van der Waals surface area contributed by atoms with Crippen LogP contribution in [0.2, 0.25) is 0 Å². The zero-order chi connectivity index (χ0) is 32.6. The summed E-state index contributed by atoms with van der Waals surface area (Å²) >= 11 is 0.